The van der Waals surface area contributed by atoms with Gasteiger partial charge in [0.25, 0.3) is 0 Å². The smallest absolute Gasteiger partial charge is 0.168 e. The van der Waals surface area contributed by atoms with E-state index in [-0.39, 0.29) is 10.9 Å². The molecule has 1 atom stereocenters. The third-order valence-electron chi connectivity index (χ3n) is 2.91. The van der Waals surface area contributed by atoms with Crippen LogP contribution in [0.4, 0.5) is 0 Å². The van der Waals surface area contributed by atoms with E-state index < -0.39 is 0 Å². The number of benzene rings is 2. The van der Waals surface area contributed by atoms with Crippen LogP contribution >= 0.6 is 0 Å². The van der Waals surface area contributed by atoms with Crippen molar-refractivity contribution in [3.05, 3.63) is 47.9 Å². The van der Waals surface area contributed by atoms with E-state index in [0.717, 1.165) is 5.39 Å². The molecule has 0 amide bonds. The van der Waals surface area contributed by atoms with Crippen molar-refractivity contribution >= 4 is 21.7 Å². The Bertz CT molecular complexity index is 560. The van der Waals surface area contributed by atoms with E-state index in [1.807, 2.05) is 24.3 Å². The zero-order valence-electron chi connectivity index (χ0n) is 8.89. The van der Waals surface area contributed by atoms with Gasteiger partial charge in [0, 0.05) is 17.2 Å². The van der Waals surface area contributed by atoms with Crippen LogP contribution < -0.4 is 0 Å². The maximum atomic E-state index is 9.82. The Kier molecular flexibility index (Phi) is 2.37. The third kappa shape index (κ3) is 1.50. The Labute approximate surface area is 97.8 Å². The highest BCUT2D eigenvalue weighted by molar-refractivity contribution is 8.00. The summed E-state index contributed by atoms with van der Waals surface area (Å²) in [5.74, 6) is 1.60. The van der Waals surface area contributed by atoms with Crippen LogP contribution in [0.2, 0.25) is 0 Å². The molecule has 16 heavy (non-hydrogen) atoms. The molecule has 0 bridgehead atoms. The first-order valence-electron chi connectivity index (χ1n) is 5.43. The molecule has 0 saturated heterocycles. The molecule has 2 aromatic carbocycles. The standard InChI is InChI=1S/C14H12OS/c15-13-7-8-14(16-9-3-4-10-16)12-6-2-1-5-11(12)13/h1-3,5-9H,4,10H2/p+1. The van der Waals surface area contributed by atoms with Crippen LogP contribution in [0.25, 0.3) is 10.8 Å². The fourth-order valence-corrected chi connectivity index (χ4v) is 4.08. The van der Waals surface area contributed by atoms with Crippen molar-refractivity contribution < 1.29 is 5.11 Å². The molecule has 80 valence electrons. The zero-order valence-corrected chi connectivity index (χ0v) is 9.70. The molecule has 0 spiro atoms. The molecule has 3 rings (SSSR count). The van der Waals surface area contributed by atoms with E-state index in [2.05, 4.69) is 23.6 Å². The second-order valence-electron chi connectivity index (χ2n) is 3.92. The van der Waals surface area contributed by atoms with Gasteiger partial charge in [0.2, 0.25) is 0 Å². The van der Waals surface area contributed by atoms with Crippen molar-refractivity contribution in [1.29, 1.82) is 0 Å². The molecule has 1 aliphatic heterocycles. The molecule has 1 heterocycles. The Morgan fingerprint density at radius 2 is 1.81 bits per heavy atom. The molecule has 0 fully saturated rings. The van der Waals surface area contributed by atoms with Crippen molar-refractivity contribution in [1.82, 2.24) is 0 Å². The average Bonchev–Trinajstić information content (AvgIpc) is 2.83. The minimum Gasteiger partial charge on any atom is -0.507 e. The fourth-order valence-electron chi connectivity index (χ4n) is 2.11. The van der Waals surface area contributed by atoms with E-state index in [9.17, 15) is 5.11 Å². The van der Waals surface area contributed by atoms with E-state index in [1.54, 1.807) is 0 Å². The minimum atomic E-state index is 0.235. The summed E-state index contributed by atoms with van der Waals surface area (Å²) in [6, 6.07) is 12.0. The lowest BCUT2D eigenvalue weighted by Crippen LogP contribution is -1.99. The molecular weight excluding hydrogens is 216 g/mol. The summed E-state index contributed by atoms with van der Waals surface area (Å²) in [6.07, 6.45) is 3.43. The van der Waals surface area contributed by atoms with Crippen LogP contribution in [0.5, 0.6) is 5.75 Å². The van der Waals surface area contributed by atoms with Crippen molar-refractivity contribution in [2.45, 2.75) is 11.3 Å². The van der Waals surface area contributed by atoms with Crippen LogP contribution in [0.15, 0.2) is 52.8 Å². The third-order valence-corrected chi connectivity index (χ3v) is 5.03. The molecule has 1 nitrogen and oxygen atoms in total. The van der Waals surface area contributed by atoms with Crippen molar-refractivity contribution in [3.8, 4) is 5.75 Å². The predicted molar refractivity (Wildman–Crippen MR) is 69.9 cm³/mol. The number of fused-ring (bicyclic) bond motifs is 1. The molecule has 0 aliphatic carbocycles. The number of phenolic OH excluding ortho intramolecular Hbond substituents is 1. The van der Waals surface area contributed by atoms with E-state index in [1.165, 1.54) is 22.5 Å². The highest BCUT2D eigenvalue weighted by Crippen LogP contribution is 2.33. The topological polar surface area (TPSA) is 20.2 Å². The molecular formula is C14H13OS+. The van der Waals surface area contributed by atoms with E-state index in [4.69, 9.17) is 0 Å². The number of rotatable bonds is 1. The van der Waals surface area contributed by atoms with Crippen molar-refractivity contribution in [2.24, 2.45) is 0 Å². The van der Waals surface area contributed by atoms with Gasteiger partial charge in [0.05, 0.1) is 10.9 Å². The number of hydrogen-bond acceptors (Lipinski definition) is 1. The van der Waals surface area contributed by atoms with Gasteiger partial charge in [-0.15, -0.1) is 0 Å². The Morgan fingerprint density at radius 3 is 2.56 bits per heavy atom. The lowest BCUT2D eigenvalue weighted by molar-refractivity contribution is 0.481. The van der Waals surface area contributed by atoms with Crippen molar-refractivity contribution in [3.63, 3.8) is 0 Å². The van der Waals surface area contributed by atoms with Crippen LogP contribution in [0.1, 0.15) is 6.42 Å². The predicted octanol–water partition coefficient (Wildman–Crippen LogP) is 3.44. The Balaban J connectivity index is 2.25. The second kappa shape index (κ2) is 3.87. The summed E-state index contributed by atoms with van der Waals surface area (Å²) in [6.45, 7) is 0. The number of allylic oxidation sites excluding steroid dienone is 1. The van der Waals surface area contributed by atoms with Crippen molar-refractivity contribution in [2.75, 3.05) is 5.75 Å². The first-order valence-corrected chi connectivity index (χ1v) is 6.89. The summed E-state index contributed by atoms with van der Waals surface area (Å²) >= 11 is 0. The summed E-state index contributed by atoms with van der Waals surface area (Å²) in [4.78, 5) is 1.36. The van der Waals surface area contributed by atoms with Gasteiger partial charge in [-0.05, 0) is 24.3 Å². The lowest BCUT2D eigenvalue weighted by atomic mass is 10.1. The SMILES string of the molecule is Oc1ccc([S+]2C=CCC2)c2ccccc12. The molecule has 0 aromatic heterocycles. The highest BCUT2D eigenvalue weighted by Gasteiger charge is 2.25. The Hall–Kier alpha value is -1.41. The molecule has 2 heteroatoms. The van der Waals surface area contributed by atoms with E-state index >= 15 is 0 Å². The highest BCUT2D eigenvalue weighted by atomic mass is 32.2. The van der Waals surface area contributed by atoms with Gasteiger partial charge in [0.15, 0.2) is 4.90 Å². The molecule has 0 saturated carbocycles. The molecule has 1 aliphatic rings. The van der Waals surface area contributed by atoms with Gasteiger partial charge < -0.3 is 5.11 Å². The summed E-state index contributed by atoms with van der Waals surface area (Å²) in [7, 11) is 0.235. The van der Waals surface area contributed by atoms with Gasteiger partial charge in [-0.25, -0.2) is 0 Å². The van der Waals surface area contributed by atoms with Gasteiger partial charge in [-0.3, -0.25) is 0 Å². The maximum absolute atomic E-state index is 9.82. The lowest BCUT2D eigenvalue weighted by Gasteiger charge is -2.05. The number of phenols is 1. The number of hydrogen-bond donors (Lipinski definition) is 1. The van der Waals surface area contributed by atoms with Gasteiger partial charge in [0.1, 0.15) is 16.9 Å². The molecule has 0 radical (unpaired) electrons. The molecule has 1 N–H and O–H groups in total. The summed E-state index contributed by atoms with van der Waals surface area (Å²) in [5.41, 5.74) is 0. The normalized spacial score (nSPS) is 19.4. The molecule has 1 unspecified atom stereocenters. The number of aromatic hydroxyl groups is 1. The summed E-state index contributed by atoms with van der Waals surface area (Å²) in [5, 5.41) is 14.3. The van der Waals surface area contributed by atoms with Crippen LogP contribution in [-0.4, -0.2) is 10.9 Å². The first kappa shape index (κ1) is 9.79. The van der Waals surface area contributed by atoms with Crippen LogP contribution in [-0.2, 0) is 10.9 Å². The minimum absolute atomic E-state index is 0.235. The van der Waals surface area contributed by atoms with Crippen LogP contribution in [0, 0.1) is 0 Å². The quantitative estimate of drug-likeness (QED) is 0.743. The van der Waals surface area contributed by atoms with Gasteiger partial charge in [-0.1, -0.05) is 18.2 Å². The van der Waals surface area contributed by atoms with E-state index in [0.29, 0.717) is 5.75 Å². The monoisotopic (exact) mass is 229 g/mol. The zero-order chi connectivity index (χ0) is 11.0. The summed E-state index contributed by atoms with van der Waals surface area (Å²) < 4.78 is 0. The second-order valence-corrected chi connectivity index (χ2v) is 5.90. The maximum Gasteiger partial charge on any atom is 0.168 e. The van der Waals surface area contributed by atoms with Gasteiger partial charge >= 0.3 is 0 Å². The van der Waals surface area contributed by atoms with Crippen LogP contribution in [0.3, 0.4) is 0 Å². The molecule has 2 aromatic rings. The largest absolute Gasteiger partial charge is 0.507 e. The fraction of sp³-hybridized carbons (Fsp3) is 0.143. The average molecular weight is 229 g/mol. The Morgan fingerprint density at radius 1 is 1.00 bits per heavy atom. The first-order chi connectivity index (χ1) is 7.86. The van der Waals surface area contributed by atoms with Gasteiger partial charge in [-0.2, -0.15) is 0 Å².